The molecule has 264 valence electrons. The largest absolute Gasteiger partial charge is 0.461 e. The fourth-order valence-electron chi connectivity index (χ4n) is 7.90. The number of aromatic nitrogens is 1. The van der Waals surface area contributed by atoms with Crippen molar-refractivity contribution in [3.8, 4) is 0 Å². The molecule has 0 radical (unpaired) electrons. The summed E-state index contributed by atoms with van der Waals surface area (Å²) in [6.07, 6.45) is 35.2. The lowest BCUT2D eigenvalue weighted by molar-refractivity contribution is 0.513. The number of benzene rings is 2. The predicted octanol–water partition coefficient (Wildman–Crippen LogP) is 15.3. The molecule has 0 N–H and O–H groups in total. The fourth-order valence-corrected chi connectivity index (χ4v) is 7.90. The van der Waals surface area contributed by atoms with Gasteiger partial charge in [-0.2, -0.15) is 0 Å². The van der Waals surface area contributed by atoms with Gasteiger partial charge in [-0.3, -0.25) is 0 Å². The second-order valence-corrected chi connectivity index (χ2v) is 15.1. The highest BCUT2D eigenvalue weighted by Gasteiger charge is 2.15. The maximum absolute atomic E-state index is 6.40. The molecule has 0 atom stereocenters. The predicted molar refractivity (Wildman–Crippen MR) is 210 cm³/mol. The van der Waals surface area contributed by atoms with Crippen molar-refractivity contribution in [1.29, 1.82) is 0 Å². The summed E-state index contributed by atoms with van der Waals surface area (Å²) < 4.78 is 15.2. The van der Waals surface area contributed by atoms with Gasteiger partial charge in [0, 0.05) is 52.5 Å². The van der Waals surface area contributed by atoms with Crippen molar-refractivity contribution < 1.29 is 8.83 Å². The van der Waals surface area contributed by atoms with E-state index in [0.29, 0.717) is 0 Å². The molecule has 0 spiro atoms. The van der Waals surface area contributed by atoms with Gasteiger partial charge in [-0.05, 0) is 49.2 Å². The Morgan fingerprint density at radius 3 is 1.04 bits per heavy atom. The van der Waals surface area contributed by atoms with Crippen LogP contribution < -0.4 is 0 Å². The minimum atomic E-state index is 1.01. The Hall–Kier alpha value is -2.68. The van der Waals surface area contributed by atoms with E-state index in [0.717, 1.165) is 35.5 Å². The van der Waals surface area contributed by atoms with E-state index in [9.17, 15) is 0 Å². The van der Waals surface area contributed by atoms with E-state index in [2.05, 4.69) is 61.9 Å². The SMILES string of the molecule is CCCCCCCCCCCCCCc1cc2cc3c(cc2o1)c1cc2oc(CCCCCCCCCCCCCC)cc2cc1n3C. The van der Waals surface area contributed by atoms with Crippen LogP contribution in [-0.4, -0.2) is 4.57 Å². The van der Waals surface area contributed by atoms with Gasteiger partial charge >= 0.3 is 0 Å². The number of hydrogen-bond acceptors (Lipinski definition) is 2. The maximum Gasteiger partial charge on any atom is 0.135 e. The van der Waals surface area contributed by atoms with Crippen LogP contribution in [0.1, 0.15) is 179 Å². The number of furan rings is 2. The summed E-state index contributed by atoms with van der Waals surface area (Å²) in [6.45, 7) is 4.59. The molecule has 0 unspecified atom stereocenters. The summed E-state index contributed by atoms with van der Waals surface area (Å²) in [7, 11) is 2.20. The molecule has 0 saturated carbocycles. The van der Waals surface area contributed by atoms with Crippen molar-refractivity contribution in [2.45, 2.75) is 181 Å². The van der Waals surface area contributed by atoms with Crippen molar-refractivity contribution >= 4 is 43.7 Å². The van der Waals surface area contributed by atoms with E-state index in [4.69, 9.17) is 8.83 Å². The molecule has 0 aliphatic carbocycles. The van der Waals surface area contributed by atoms with Crippen molar-refractivity contribution in [3.05, 3.63) is 47.9 Å². The quantitative estimate of drug-likeness (QED) is 0.0556. The molecular formula is C45H67NO2. The van der Waals surface area contributed by atoms with Gasteiger partial charge in [-0.25, -0.2) is 0 Å². The van der Waals surface area contributed by atoms with E-state index < -0.39 is 0 Å². The highest BCUT2D eigenvalue weighted by molar-refractivity contribution is 6.14. The summed E-state index contributed by atoms with van der Waals surface area (Å²) in [5.74, 6) is 2.26. The van der Waals surface area contributed by atoms with Crippen LogP contribution in [0, 0.1) is 0 Å². The Morgan fingerprint density at radius 1 is 0.396 bits per heavy atom. The van der Waals surface area contributed by atoms with Crippen LogP contribution >= 0.6 is 0 Å². The Bertz CT molecular complexity index is 1510. The Morgan fingerprint density at radius 2 is 0.708 bits per heavy atom. The summed E-state index contributed by atoms with van der Waals surface area (Å²) in [5, 5.41) is 4.95. The third kappa shape index (κ3) is 10.7. The first-order valence-corrected chi connectivity index (χ1v) is 20.5. The van der Waals surface area contributed by atoms with Crippen LogP contribution in [0.15, 0.2) is 45.2 Å². The molecule has 0 aliphatic heterocycles. The van der Waals surface area contributed by atoms with Gasteiger partial charge < -0.3 is 13.4 Å². The fraction of sp³-hybridized carbons (Fsp3) is 0.644. The molecule has 3 heteroatoms. The lowest BCUT2D eigenvalue weighted by Gasteiger charge is -2.02. The second kappa shape index (κ2) is 20.1. The van der Waals surface area contributed by atoms with Crippen molar-refractivity contribution in [2.75, 3.05) is 0 Å². The lowest BCUT2D eigenvalue weighted by Crippen LogP contribution is -1.86. The first-order valence-electron chi connectivity index (χ1n) is 20.5. The average molecular weight is 654 g/mol. The van der Waals surface area contributed by atoms with Crippen LogP contribution in [0.5, 0.6) is 0 Å². The molecule has 0 saturated heterocycles. The maximum atomic E-state index is 6.40. The number of nitrogens with zero attached hydrogens (tertiary/aromatic N) is 1. The van der Waals surface area contributed by atoms with Crippen LogP contribution in [0.2, 0.25) is 0 Å². The van der Waals surface area contributed by atoms with Crippen LogP contribution in [0.4, 0.5) is 0 Å². The molecule has 3 heterocycles. The number of aryl methyl sites for hydroxylation is 3. The molecule has 0 bridgehead atoms. The molecule has 0 fully saturated rings. The lowest BCUT2D eigenvalue weighted by atomic mass is 10.0. The van der Waals surface area contributed by atoms with E-state index >= 15 is 0 Å². The molecule has 3 aromatic heterocycles. The van der Waals surface area contributed by atoms with Crippen LogP contribution in [-0.2, 0) is 19.9 Å². The third-order valence-electron chi connectivity index (χ3n) is 10.9. The van der Waals surface area contributed by atoms with E-state index in [-0.39, 0.29) is 0 Å². The summed E-state index contributed by atoms with van der Waals surface area (Å²) in [4.78, 5) is 0. The van der Waals surface area contributed by atoms with Gasteiger partial charge in [0.1, 0.15) is 22.7 Å². The van der Waals surface area contributed by atoms with Crippen molar-refractivity contribution in [3.63, 3.8) is 0 Å². The Labute approximate surface area is 292 Å². The monoisotopic (exact) mass is 654 g/mol. The average Bonchev–Trinajstić information content (AvgIpc) is 3.76. The zero-order valence-electron chi connectivity index (χ0n) is 31.1. The normalized spacial score (nSPS) is 12.1. The molecule has 3 nitrogen and oxygen atoms in total. The number of unbranched alkanes of at least 4 members (excludes halogenated alkanes) is 22. The number of hydrogen-bond donors (Lipinski definition) is 0. The Balaban J connectivity index is 1.06. The van der Waals surface area contributed by atoms with Crippen molar-refractivity contribution in [1.82, 2.24) is 4.57 Å². The minimum Gasteiger partial charge on any atom is -0.461 e. The highest BCUT2D eigenvalue weighted by Crippen LogP contribution is 2.36. The summed E-state index contributed by atoms with van der Waals surface area (Å²) >= 11 is 0. The molecule has 2 aromatic carbocycles. The van der Waals surface area contributed by atoms with Gasteiger partial charge in [0.2, 0.25) is 0 Å². The molecule has 5 aromatic rings. The molecular weight excluding hydrogens is 587 g/mol. The van der Waals surface area contributed by atoms with Crippen molar-refractivity contribution in [2.24, 2.45) is 7.05 Å². The van der Waals surface area contributed by atoms with Gasteiger partial charge in [0.15, 0.2) is 0 Å². The molecule has 0 amide bonds. The molecule has 0 aliphatic rings. The van der Waals surface area contributed by atoms with Gasteiger partial charge in [-0.1, -0.05) is 155 Å². The minimum absolute atomic E-state index is 1.01. The molecule has 48 heavy (non-hydrogen) atoms. The number of fused-ring (bicyclic) bond motifs is 5. The zero-order valence-corrected chi connectivity index (χ0v) is 31.1. The van der Waals surface area contributed by atoms with Gasteiger partial charge in [-0.15, -0.1) is 0 Å². The van der Waals surface area contributed by atoms with E-state index in [1.165, 1.54) is 187 Å². The third-order valence-corrected chi connectivity index (χ3v) is 10.9. The molecule has 5 rings (SSSR count). The first-order chi connectivity index (χ1) is 23.7. The van der Waals surface area contributed by atoms with Gasteiger partial charge in [0.05, 0.1) is 0 Å². The van der Waals surface area contributed by atoms with Gasteiger partial charge in [0.25, 0.3) is 0 Å². The Kier molecular flexibility index (Phi) is 15.3. The summed E-state index contributed by atoms with van der Waals surface area (Å²) in [6, 6.07) is 13.7. The van der Waals surface area contributed by atoms with E-state index in [1.807, 2.05) is 0 Å². The number of rotatable bonds is 26. The van der Waals surface area contributed by atoms with E-state index in [1.54, 1.807) is 0 Å². The zero-order chi connectivity index (χ0) is 33.4. The standard InChI is InChI=1S/C45H67NO2/c1-4-6-8-10-12-14-16-18-20-22-24-26-28-38-30-36-32-42-40(34-44(36)47-38)41-35-45-37(33-43(41)46(42)3)31-39(48-45)29-27-25-23-21-19-17-15-13-11-9-7-5-2/h30-35H,4-29H2,1-3H3. The van der Waals surface area contributed by atoms with Crippen LogP contribution in [0.3, 0.4) is 0 Å². The van der Waals surface area contributed by atoms with Crippen LogP contribution in [0.25, 0.3) is 43.7 Å². The highest BCUT2D eigenvalue weighted by atomic mass is 16.3. The topological polar surface area (TPSA) is 31.2 Å². The summed E-state index contributed by atoms with van der Waals surface area (Å²) in [5.41, 5.74) is 4.55. The first kappa shape index (κ1) is 36.6. The second-order valence-electron chi connectivity index (χ2n) is 15.1. The smallest absolute Gasteiger partial charge is 0.135 e.